The fraction of sp³-hybridized carbons (Fsp3) is 0.700. The Morgan fingerprint density at radius 3 is 2.07 bits per heavy atom. The minimum absolute atomic E-state index is 0. The van der Waals surface area contributed by atoms with Gasteiger partial charge in [-0.1, -0.05) is 19.8 Å². The number of hydrogen-bond donors (Lipinski definition) is 0. The average Bonchev–Trinajstić information content (AvgIpc) is 2.02. The first-order valence-corrected chi connectivity index (χ1v) is 4.71. The van der Waals surface area contributed by atoms with Gasteiger partial charge in [-0.05, 0) is 13.3 Å². The number of carbonyl (C=O) groups is 3. The first-order chi connectivity index (χ1) is 6.49. The van der Waals surface area contributed by atoms with Crippen LogP contribution in [0.4, 0.5) is 0 Å². The van der Waals surface area contributed by atoms with Gasteiger partial charge in [0.15, 0.2) is 0 Å². The molecule has 0 saturated carbocycles. The zero-order valence-corrected chi connectivity index (χ0v) is 13.6. The van der Waals surface area contributed by atoms with Gasteiger partial charge in [0.25, 0.3) is 0 Å². The van der Waals surface area contributed by atoms with Crippen LogP contribution in [0.1, 0.15) is 40.0 Å². The summed E-state index contributed by atoms with van der Waals surface area (Å²) in [6, 6.07) is 0. The Balaban J connectivity index is 0. The van der Waals surface area contributed by atoms with Crippen molar-refractivity contribution < 1.29 is 19.1 Å². The number of Topliss-reactive ketones (excluding diaryl/α,β-unsaturated/α-hetero) is 1. The van der Waals surface area contributed by atoms with E-state index in [0.717, 1.165) is 19.8 Å². The van der Waals surface area contributed by atoms with Crippen molar-refractivity contribution in [3.05, 3.63) is 0 Å². The van der Waals surface area contributed by atoms with Crippen molar-refractivity contribution >= 4 is 41.6 Å². The van der Waals surface area contributed by atoms with Gasteiger partial charge >= 0.3 is 35.8 Å². The molecule has 0 aromatic heterocycles. The second-order valence-corrected chi connectivity index (χ2v) is 3.22. The summed E-state index contributed by atoms with van der Waals surface area (Å²) in [5, 5.41) is 0. The molecular weight excluding hydrogens is 303 g/mol. The fourth-order valence-corrected chi connectivity index (χ4v) is 1.11. The molecule has 0 aromatic carbocycles. The third-order valence-electron chi connectivity index (χ3n) is 1.87. The molecule has 0 amide bonds. The molecule has 0 fully saturated rings. The first kappa shape index (κ1) is 17.0. The Morgan fingerprint density at radius 1 is 1.20 bits per heavy atom. The molecule has 1 atom stereocenters. The van der Waals surface area contributed by atoms with E-state index in [9.17, 15) is 14.4 Å². The maximum absolute atomic E-state index is 11.2. The first-order valence-electron chi connectivity index (χ1n) is 4.71. The SMILES string of the molecule is CCCCC(C(C)=O)C(=O)OC(C)=O.[SnH2]. The molecule has 2 radical (unpaired) electrons. The molecule has 0 aliphatic carbocycles. The van der Waals surface area contributed by atoms with Crippen molar-refractivity contribution in [3.8, 4) is 0 Å². The van der Waals surface area contributed by atoms with Crippen LogP contribution in [0.3, 0.4) is 0 Å². The van der Waals surface area contributed by atoms with Gasteiger partial charge in [0.05, 0.1) is 0 Å². The molecule has 0 bridgehead atoms. The molecule has 0 aromatic rings. The van der Waals surface area contributed by atoms with Crippen LogP contribution in [-0.2, 0) is 19.1 Å². The molecule has 0 rings (SSSR count). The van der Waals surface area contributed by atoms with Gasteiger partial charge < -0.3 is 4.74 Å². The van der Waals surface area contributed by atoms with E-state index in [1.165, 1.54) is 6.92 Å². The number of rotatable bonds is 5. The number of carbonyl (C=O) groups excluding carboxylic acids is 3. The van der Waals surface area contributed by atoms with Crippen LogP contribution in [0.25, 0.3) is 0 Å². The van der Waals surface area contributed by atoms with Crippen LogP contribution in [0.2, 0.25) is 0 Å². The van der Waals surface area contributed by atoms with Gasteiger partial charge in [-0.3, -0.25) is 14.4 Å². The summed E-state index contributed by atoms with van der Waals surface area (Å²) in [4.78, 5) is 32.8. The second-order valence-electron chi connectivity index (χ2n) is 3.22. The summed E-state index contributed by atoms with van der Waals surface area (Å²) in [6.07, 6.45) is 2.13. The van der Waals surface area contributed by atoms with Crippen LogP contribution in [-0.4, -0.2) is 41.6 Å². The Hall–Kier alpha value is -0.391. The summed E-state index contributed by atoms with van der Waals surface area (Å²) in [5.41, 5.74) is 0. The summed E-state index contributed by atoms with van der Waals surface area (Å²) >= 11 is 0. The summed E-state index contributed by atoms with van der Waals surface area (Å²) in [5.74, 6) is -2.42. The zero-order chi connectivity index (χ0) is 11.1. The van der Waals surface area contributed by atoms with E-state index in [4.69, 9.17) is 0 Å². The van der Waals surface area contributed by atoms with Crippen LogP contribution >= 0.6 is 0 Å². The van der Waals surface area contributed by atoms with Gasteiger partial charge in [0.1, 0.15) is 11.7 Å². The molecule has 4 nitrogen and oxygen atoms in total. The summed E-state index contributed by atoms with van der Waals surface area (Å²) in [7, 11) is 0. The van der Waals surface area contributed by atoms with Gasteiger partial charge in [0, 0.05) is 6.92 Å². The number of esters is 2. The van der Waals surface area contributed by atoms with E-state index in [-0.39, 0.29) is 29.7 Å². The molecular formula is C10H18O4Sn. The van der Waals surface area contributed by atoms with Gasteiger partial charge in [-0.25, -0.2) is 0 Å². The van der Waals surface area contributed by atoms with E-state index >= 15 is 0 Å². The van der Waals surface area contributed by atoms with Crippen molar-refractivity contribution in [1.82, 2.24) is 0 Å². The van der Waals surface area contributed by atoms with Crippen LogP contribution in [0.15, 0.2) is 0 Å². The van der Waals surface area contributed by atoms with Gasteiger partial charge in [-0.15, -0.1) is 0 Å². The maximum atomic E-state index is 11.2. The van der Waals surface area contributed by atoms with Crippen molar-refractivity contribution in [2.24, 2.45) is 5.92 Å². The predicted molar refractivity (Wildman–Crippen MR) is 59.0 cm³/mol. The number of hydrogen-bond acceptors (Lipinski definition) is 4. The van der Waals surface area contributed by atoms with Crippen molar-refractivity contribution in [3.63, 3.8) is 0 Å². The molecule has 0 N–H and O–H groups in total. The number of ketones is 1. The van der Waals surface area contributed by atoms with E-state index in [1.807, 2.05) is 6.92 Å². The average molecular weight is 321 g/mol. The third kappa shape index (κ3) is 7.53. The Bertz CT molecular complexity index is 238. The van der Waals surface area contributed by atoms with Crippen LogP contribution in [0.5, 0.6) is 0 Å². The molecule has 1 unspecified atom stereocenters. The molecule has 0 heterocycles. The van der Waals surface area contributed by atoms with Crippen molar-refractivity contribution in [1.29, 1.82) is 0 Å². The standard InChI is InChI=1S/C10H16O4.Sn.2H/c1-4-5-6-9(7(2)11)10(13)14-8(3)12;;;/h9H,4-6H2,1-3H3;;;. The van der Waals surface area contributed by atoms with Gasteiger partial charge in [0.2, 0.25) is 0 Å². The van der Waals surface area contributed by atoms with E-state index in [1.54, 1.807) is 0 Å². The van der Waals surface area contributed by atoms with E-state index in [0.29, 0.717) is 6.42 Å². The van der Waals surface area contributed by atoms with Crippen molar-refractivity contribution in [2.45, 2.75) is 40.0 Å². The van der Waals surface area contributed by atoms with Gasteiger partial charge in [-0.2, -0.15) is 0 Å². The normalized spacial score (nSPS) is 11.1. The molecule has 0 spiro atoms. The van der Waals surface area contributed by atoms with E-state index in [2.05, 4.69) is 4.74 Å². The molecule has 0 aliphatic heterocycles. The molecule has 0 aliphatic rings. The zero-order valence-electron chi connectivity index (χ0n) is 9.54. The molecule has 15 heavy (non-hydrogen) atoms. The van der Waals surface area contributed by atoms with Crippen molar-refractivity contribution in [2.75, 3.05) is 0 Å². The summed E-state index contributed by atoms with van der Waals surface area (Å²) < 4.78 is 4.37. The van der Waals surface area contributed by atoms with Crippen LogP contribution < -0.4 is 0 Å². The Morgan fingerprint density at radius 2 is 1.73 bits per heavy atom. The minimum atomic E-state index is -0.779. The molecule has 86 valence electrons. The Labute approximate surface area is 107 Å². The second kappa shape index (κ2) is 8.88. The third-order valence-corrected chi connectivity index (χ3v) is 1.87. The molecule has 0 saturated heterocycles. The monoisotopic (exact) mass is 322 g/mol. The fourth-order valence-electron chi connectivity index (χ4n) is 1.11. The number of unbranched alkanes of at least 4 members (excludes halogenated alkanes) is 1. The topological polar surface area (TPSA) is 60.4 Å². The molecule has 5 heteroatoms. The predicted octanol–water partition coefficient (Wildman–Crippen LogP) is 0.555. The van der Waals surface area contributed by atoms with E-state index < -0.39 is 17.9 Å². The quantitative estimate of drug-likeness (QED) is 0.422. The summed E-state index contributed by atoms with van der Waals surface area (Å²) in [6.45, 7) is 4.45. The Kier molecular flexibility index (Phi) is 10.1. The number of ether oxygens (including phenoxy) is 1. The van der Waals surface area contributed by atoms with Crippen LogP contribution in [0, 0.1) is 5.92 Å².